The third-order valence-corrected chi connectivity index (χ3v) is 21.0. The van der Waals surface area contributed by atoms with Crippen molar-refractivity contribution in [2.24, 2.45) is 5.92 Å². The zero-order chi connectivity index (χ0) is 26.1. The summed E-state index contributed by atoms with van der Waals surface area (Å²) < 4.78 is 22.0. The van der Waals surface area contributed by atoms with Crippen molar-refractivity contribution in [2.75, 3.05) is 6.61 Å². The van der Waals surface area contributed by atoms with Gasteiger partial charge in [-0.05, 0) is 42.3 Å². The molecular weight excluding hydrogens is 481 g/mol. The van der Waals surface area contributed by atoms with E-state index in [1.54, 1.807) is 10.6 Å². The number of nitrogens with one attached hydrogen (secondary N) is 1. The lowest BCUT2D eigenvalue weighted by Gasteiger charge is -2.44. The van der Waals surface area contributed by atoms with Gasteiger partial charge in [-0.1, -0.05) is 54.6 Å². The molecule has 194 valence electrons. The van der Waals surface area contributed by atoms with Crippen molar-refractivity contribution in [1.29, 1.82) is 0 Å². The molecule has 1 fully saturated rings. The van der Waals surface area contributed by atoms with Gasteiger partial charge in [0.25, 0.3) is 5.56 Å². The molecule has 3 rings (SSSR count). The van der Waals surface area contributed by atoms with Crippen molar-refractivity contribution in [2.45, 2.75) is 115 Å². The number of aromatic amines is 1. The molecule has 1 aromatic heterocycles. The minimum absolute atomic E-state index is 0.0531. The highest BCUT2D eigenvalue weighted by molar-refractivity contribution is 6.89. The van der Waals surface area contributed by atoms with Gasteiger partial charge in [0.2, 0.25) is 0 Å². The summed E-state index contributed by atoms with van der Waals surface area (Å²) in [5.74, 6) is 0.0555. The molecule has 1 aromatic rings. The third kappa shape index (κ3) is 5.04. The molecule has 0 spiro atoms. The second kappa shape index (κ2) is 8.65. The van der Waals surface area contributed by atoms with Crippen molar-refractivity contribution in [3.63, 3.8) is 0 Å². The molecule has 0 aliphatic carbocycles. The van der Waals surface area contributed by atoms with Crippen LogP contribution in [0.5, 0.6) is 0 Å². The fraction of sp³-hybridized carbons (Fsp3) is 0.833. The number of fused-ring (bicyclic) bond motifs is 3. The number of hydrogen-bond donors (Lipinski definition) is 1. The zero-order valence-electron chi connectivity index (χ0n) is 23.3. The normalized spacial score (nSPS) is 27.4. The molecule has 4 atom stereocenters. The van der Waals surface area contributed by atoms with Crippen molar-refractivity contribution in [3.05, 3.63) is 26.9 Å². The first-order valence-corrected chi connectivity index (χ1v) is 21.5. The Morgan fingerprint density at radius 2 is 1.62 bits per heavy atom. The summed E-state index contributed by atoms with van der Waals surface area (Å²) in [6.07, 6.45) is -0.843. The Morgan fingerprint density at radius 1 is 1.06 bits per heavy atom. The van der Waals surface area contributed by atoms with Crippen LogP contribution in [0.4, 0.5) is 0 Å². The van der Waals surface area contributed by atoms with Gasteiger partial charge in [0.15, 0.2) is 16.6 Å². The first-order chi connectivity index (χ1) is 15.2. The topological polar surface area (TPSA) is 82.5 Å². The smallest absolute Gasteiger partial charge is 0.330 e. The zero-order valence-corrected chi connectivity index (χ0v) is 26.3. The van der Waals surface area contributed by atoms with Crippen molar-refractivity contribution in [1.82, 2.24) is 9.55 Å². The Bertz CT molecular complexity index is 1030. The van der Waals surface area contributed by atoms with Crippen LogP contribution in [0.3, 0.4) is 0 Å². The summed E-state index contributed by atoms with van der Waals surface area (Å²) in [5, 5.41) is 1.00. The summed E-state index contributed by atoms with van der Waals surface area (Å²) in [4.78, 5) is 27.6. The van der Waals surface area contributed by atoms with Crippen LogP contribution in [0.2, 0.25) is 55.4 Å². The molecule has 0 aromatic carbocycles. The minimum Gasteiger partial charge on any atom is -0.414 e. The van der Waals surface area contributed by atoms with Crippen LogP contribution in [0.25, 0.3) is 0 Å². The maximum Gasteiger partial charge on any atom is 0.330 e. The molecular formula is C24H46N2O5Si3. The molecule has 1 N–H and O–H groups in total. The lowest BCUT2D eigenvalue weighted by atomic mass is 10.0. The Kier molecular flexibility index (Phi) is 7.07. The van der Waals surface area contributed by atoms with Gasteiger partial charge in [-0.25, -0.2) is 4.79 Å². The largest absolute Gasteiger partial charge is 0.414 e. The Labute approximate surface area is 207 Å². The van der Waals surface area contributed by atoms with Crippen molar-refractivity contribution < 1.29 is 13.6 Å². The summed E-state index contributed by atoms with van der Waals surface area (Å²) in [6, 6.07) is 2.52. The van der Waals surface area contributed by atoms with E-state index in [0.717, 1.165) is 11.4 Å². The first-order valence-electron chi connectivity index (χ1n) is 12.5. The predicted molar refractivity (Wildman–Crippen MR) is 146 cm³/mol. The van der Waals surface area contributed by atoms with E-state index < -0.39 is 30.9 Å². The van der Waals surface area contributed by atoms with Gasteiger partial charge in [-0.15, -0.1) is 0 Å². The Hall–Kier alpha value is -0.789. The van der Waals surface area contributed by atoms with Crippen LogP contribution in [-0.4, -0.2) is 53.1 Å². The van der Waals surface area contributed by atoms with E-state index in [-0.39, 0.29) is 39.5 Å². The van der Waals surface area contributed by atoms with E-state index in [1.807, 2.05) is 0 Å². The fourth-order valence-corrected chi connectivity index (χ4v) is 10.2. The van der Waals surface area contributed by atoms with Gasteiger partial charge in [0, 0.05) is 17.3 Å². The monoisotopic (exact) mass is 526 g/mol. The van der Waals surface area contributed by atoms with Gasteiger partial charge in [-0.3, -0.25) is 14.3 Å². The molecule has 0 bridgehead atoms. The van der Waals surface area contributed by atoms with Gasteiger partial charge < -0.3 is 13.6 Å². The average molecular weight is 527 g/mol. The van der Waals surface area contributed by atoms with Crippen LogP contribution in [0, 0.1) is 5.92 Å². The Morgan fingerprint density at radius 3 is 2.15 bits per heavy atom. The number of H-pyrrole nitrogens is 1. The van der Waals surface area contributed by atoms with E-state index in [9.17, 15) is 9.59 Å². The molecule has 2 aliphatic heterocycles. The SMILES string of the molecule is CC(C)(C)[Si](C)(C)OC[C@H]1O[C@@H]2[C@@H](C[Si](C)(C)c3cc(=O)[nH]c(=O)n32)[C@@H]1O[Si](C)(C)C(C)(C)C. The molecule has 1 saturated heterocycles. The molecule has 0 amide bonds. The van der Waals surface area contributed by atoms with Crippen LogP contribution in [0.15, 0.2) is 15.7 Å². The standard InChI is InChI=1S/C24H46N2O5Si3/c1-23(2,3)33(9,10)29-14-17-20(31-34(11,12)24(4,5)6)16-15-32(7,8)19-13-18(27)25-22(28)26(19)21(16)30-17/h13,16-17,20-21H,14-15H2,1-12H3,(H,25,27,28)/t16-,17+,20-,21+/m0/s1. The molecule has 10 heteroatoms. The lowest BCUT2D eigenvalue weighted by Crippen LogP contribution is -2.61. The highest BCUT2D eigenvalue weighted by Gasteiger charge is 2.56. The van der Waals surface area contributed by atoms with E-state index >= 15 is 0 Å². The van der Waals surface area contributed by atoms with Crippen LogP contribution in [0.1, 0.15) is 47.8 Å². The van der Waals surface area contributed by atoms with Gasteiger partial charge >= 0.3 is 5.69 Å². The van der Waals surface area contributed by atoms with Crippen LogP contribution >= 0.6 is 0 Å². The van der Waals surface area contributed by atoms with Crippen molar-refractivity contribution in [3.8, 4) is 0 Å². The van der Waals surface area contributed by atoms with E-state index in [1.165, 1.54) is 0 Å². The number of nitrogens with zero attached hydrogens (tertiary/aromatic N) is 1. The average Bonchev–Trinajstić information content (AvgIpc) is 2.94. The maximum absolute atomic E-state index is 13.0. The summed E-state index contributed by atoms with van der Waals surface area (Å²) in [6.45, 7) is 27.4. The number of rotatable bonds is 5. The predicted octanol–water partition coefficient (Wildman–Crippen LogP) is 4.39. The second-order valence-electron chi connectivity index (χ2n) is 13.9. The lowest BCUT2D eigenvalue weighted by molar-refractivity contribution is -0.0431. The highest BCUT2D eigenvalue weighted by atomic mass is 28.4. The van der Waals surface area contributed by atoms with Crippen molar-refractivity contribution >= 4 is 30.0 Å². The molecule has 3 heterocycles. The van der Waals surface area contributed by atoms with Crippen LogP contribution < -0.4 is 16.6 Å². The van der Waals surface area contributed by atoms with E-state index in [4.69, 9.17) is 13.6 Å². The summed E-state index contributed by atoms with van der Waals surface area (Å²) in [7, 11) is -6.19. The Balaban J connectivity index is 2.05. The molecule has 2 aliphatic rings. The maximum atomic E-state index is 13.0. The second-order valence-corrected chi connectivity index (χ2v) is 28.2. The molecule has 0 unspecified atom stereocenters. The third-order valence-electron chi connectivity index (χ3n) is 8.79. The number of hydrogen-bond acceptors (Lipinski definition) is 5. The number of aromatic nitrogens is 2. The van der Waals surface area contributed by atoms with Gasteiger partial charge in [-0.2, -0.15) is 0 Å². The van der Waals surface area contributed by atoms with E-state index in [0.29, 0.717) is 6.61 Å². The summed E-state index contributed by atoms with van der Waals surface area (Å²) >= 11 is 0. The summed E-state index contributed by atoms with van der Waals surface area (Å²) in [5.41, 5.74) is -0.713. The van der Waals surface area contributed by atoms with E-state index in [2.05, 4.69) is 85.8 Å². The first kappa shape index (κ1) is 27.8. The molecule has 34 heavy (non-hydrogen) atoms. The van der Waals surface area contributed by atoms with Gasteiger partial charge in [0.1, 0.15) is 20.4 Å². The fourth-order valence-electron chi connectivity index (χ4n) is 4.56. The number of ether oxygens (including phenoxy) is 1. The quantitative estimate of drug-likeness (QED) is 0.575. The molecule has 0 saturated carbocycles. The minimum atomic E-state index is -2.11. The molecule has 0 radical (unpaired) electrons. The van der Waals surface area contributed by atoms with Gasteiger partial charge in [0.05, 0.1) is 12.7 Å². The van der Waals surface area contributed by atoms with Crippen LogP contribution in [-0.2, 0) is 13.6 Å². The highest BCUT2D eigenvalue weighted by Crippen LogP contribution is 2.48. The molecule has 7 nitrogen and oxygen atoms in total.